The van der Waals surface area contributed by atoms with E-state index >= 15 is 0 Å². The Balaban J connectivity index is 1.78. The minimum Gasteiger partial charge on any atom is -0.335 e. The molecule has 0 fully saturated rings. The van der Waals surface area contributed by atoms with Gasteiger partial charge in [-0.2, -0.15) is 0 Å². The standard InChI is InChI=1S/C23H14FN3/c1-27-16-15-20-21(13-9-18-7-11-19(24)12-8-18)25-22(26-23(20)27)14-10-17-5-3-2-4-6-17/h2-8,11-12,15-16H,1H3. The largest absolute Gasteiger partial charge is 0.335 e. The zero-order chi connectivity index (χ0) is 18.6. The topological polar surface area (TPSA) is 30.7 Å². The molecule has 0 aliphatic heterocycles. The van der Waals surface area contributed by atoms with Gasteiger partial charge in [0, 0.05) is 24.4 Å². The maximum atomic E-state index is 13.1. The zero-order valence-electron chi connectivity index (χ0n) is 14.6. The van der Waals surface area contributed by atoms with E-state index in [-0.39, 0.29) is 5.82 Å². The van der Waals surface area contributed by atoms with Crippen LogP contribution in [-0.2, 0) is 7.05 Å². The summed E-state index contributed by atoms with van der Waals surface area (Å²) in [6.07, 6.45) is 1.91. The van der Waals surface area contributed by atoms with E-state index in [1.54, 1.807) is 12.1 Å². The Bertz CT molecular complexity index is 1230. The van der Waals surface area contributed by atoms with Crippen molar-refractivity contribution in [1.29, 1.82) is 0 Å². The molecule has 128 valence electrons. The van der Waals surface area contributed by atoms with Gasteiger partial charge in [-0.05, 0) is 54.3 Å². The van der Waals surface area contributed by atoms with Crippen LogP contribution in [0.2, 0.25) is 0 Å². The van der Waals surface area contributed by atoms with Crippen molar-refractivity contribution < 1.29 is 4.39 Å². The number of halogens is 1. The molecule has 0 bridgehead atoms. The smallest absolute Gasteiger partial charge is 0.208 e. The van der Waals surface area contributed by atoms with Crippen molar-refractivity contribution in [2.75, 3.05) is 0 Å². The van der Waals surface area contributed by atoms with Gasteiger partial charge in [0.25, 0.3) is 0 Å². The van der Waals surface area contributed by atoms with Crippen LogP contribution in [-0.4, -0.2) is 14.5 Å². The molecule has 0 aliphatic rings. The summed E-state index contributed by atoms with van der Waals surface area (Å²) in [7, 11) is 1.92. The van der Waals surface area contributed by atoms with E-state index < -0.39 is 0 Å². The highest BCUT2D eigenvalue weighted by Crippen LogP contribution is 2.16. The summed E-state index contributed by atoms with van der Waals surface area (Å²) in [6, 6.07) is 17.7. The van der Waals surface area contributed by atoms with Gasteiger partial charge in [0.1, 0.15) is 17.2 Å². The number of benzene rings is 2. The van der Waals surface area contributed by atoms with Gasteiger partial charge >= 0.3 is 0 Å². The van der Waals surface area contributed by atoms with Gasteiger partial charge in [-0.15, -0.1) is 0 Å². The maximum absolute atomic E-state index is 13.1. The van der Waals surface area contributed by atoms with E-state index in [1.807, 2.05) is 54.2 Å². The second-order valence-electron chi connectivity index (χ2n) is 5.93. The summed E-state index contributed by atoms with van der Waals surface area (Å²) >= 11 is 0. The molecule has 2 aromatic heterocycles. The molecule has 4 heteroatoms. The molecular formula is C23H14FN3. The molecular weight excluding hydrogens is 337 g/mol. The van der Waals surface area contributed by atoms with Gasteiger partial charge in [0.05, 0.1) is 5.39 Å². The van der Waals surface area contributed by atoms with E-state index in [1.165, 1.54) is 12.1 Å². The Hall–Kier alpha value is -3.89. The lowest BCUT2D eigenvalue weighted by molar-refractivity contribution is 0.627. The molecule has 0 amide bonds. The van der Waals surface area contributed by atoms with Crippen LogP contribution >= 0.6 is 0 Å². The molecule has 0 atom stereocenters. The molecule has 4 aromatic rings. The van der Waals surface area contributed by atoms with Crippen LogP contribution < -0.4 is 0 Å². The van der Waals surface area contributed by atoms with Crippen molar-refractivity contribution >= 4 is 11.0 Å². The second-order valence-corrected chi connectivity index (χ2v) is 5.93. The molecule has 0 aliphatic carbocycles. The number of hydrogen-bond acceptors (Lipinski definition) is 2. The first kappa shape index (κ1) is 16.6. The fourth-order valence-electron chi connectivity index (χ4n) is 2.60. The van der Waals surface area contributed by atoms with Gasteiger partial charge in [0.15, 0.2) is 0 Å². The van der Waals surface area contributed by atoms with Gasteiger partial charge < -0.3 is 4.57 Å². The fourth-order valence-corrected chi connectivity index (χ4v) is 2.60. The van der Waals surface area contributed by atoms with Gasteiger partial charge in [-0.3, -0.25) is 0 Å². The first-order valence-electron chi connectivity index (χ1n) is 8.37. The molecule has 0 saturated carbocycles. The molecule has 2 aromatic carbocycles. The molecule has 0 unspecified atom stereocenters. The lowest BCUT2D eigenvalue weighted by Crippen LogP contribution is -1.97. The quantitative estimate of drug-likeness (QED) is 0.450. The highest BCUT2D eigenvalue weighted by molar-refractivity contribution is 5.82. The minimum atomic E-state index is -0.286. The van der Waals surface area contributed by atoms with E-state index in [0.717, 1.165) is 22.2 Å². The molecule has 0 spiro atoms. The van der Waals surface area contributed by atoms with E-state index in [4.69, 9.17) is 0 Å². The summed E-state index contributed by atoms with van der Waals surface area (Å²) < 4.78 is 15.0. The number of aryl methyl sites for hydroxylation is 1. The first-order chi connectivity index (χ1) is 13.2. The monoisotopic (exact) mass is 351 g/mol. The fraction of sp³-hybridized carbons (Fsp3) is 0.0435. The summed E-state index contributed by atoms with van der Waals surface area (Å²) in [5, 5.41) is 0.859. The molecule has 4 rings (SSSR count). The summed E-state index contributed by atoms with van der Waals surface area (Å²) in [5.41, 5.74) is 2.98. The van der Waals surface area contributed by atoms with Gasteiger partial charge in [-0.25, -0.2) is 14.4 Å². The number of rotatable bonds is 0. The van der Waals surface area contributed by atoms with E-state index in [2.05, 4.69) is 33.6 Å². The number of aromatic nitrogens is 3. The molecule has 2 heterocycles. The molecule has 27 heavy (non-hydrogen) atoms. The van der Waals surface area contributed by atoms with Crippen LogP contribution in [0.15, 0.2) is 66.9 Å². The van der Waals surface area contributed by atoms with Crippen molar-refractivity contribution in [2.24, 2.45) is 7.05 Å². The Kier molecular flexibility index (Phi) is 4.39. The Morgan fingerprint density at radius 2 is 1.48 bits per heavy atom. The van der Waals surface area contributed by atoms with Gasteiger partial charge in [-0.1, -0.05) is 30.0 Å². The van der Waals surface area contributed by atoms with E-state index in [9.17, 15) is 4.39 Å². The van der Waals surface area contributed by atoms with Gasteiger partial charge in [0.2, 0.25) is 5.82 Å². The summed E-state index contributed by atoms with van der Waals surface area (Å²) in [4.78, 5) is 9.05. The predicted molar refractivity (Wildman–Crippen MR) is 103 cm³/mol. The van der Waals surface area contributed by atoms with Crippen molar-refractivity contribution in [2.45, 2.75) is 0 Å². The normalized spacial score (nSPS) is 10.0. The molecule has 3 nitrogen and oxygen atoms in total. The lowest BCUT2D eigenvalue weighted by atomic mass is 10.2. The lowest BCUT2D eigenvalue weighted by Gasteiger charge is -1.99. The van der Waals surface area contributed by atoms with Crippen LogP contribution in [0.4, 0.5) is 4.39 Å². The average molecular weight is 351 g/mol. The van der Waals surface area contributed by atoms with Crippen LogP contribution in [0.1, 0.15) is 22.6 Å². The third kappa shape index (κ3) is 3.71. The van der Waals surface area contributed by atoms with Crippen molar-refractivity contribution in [3.63, 3.8) is 0 Å². The first-order valence-corrected chi connectivity index (χ1v) is 8.37. The number of hydrogen-bond donors (Lipinski definition) is 0. The maximum Gasteiger partial charge on any atom is 0.208 e. The Labute approximate surface area is 156 Å². The van der Waals surface area contributed by atoms with Crippen LogP contribution in [0.25, 0.3) is 11.0 Å². The van der Waals surface area contributed by atoms with Crippen molar-refractivity contribution in [3.05, 3.63) is 95.3 Å². The molecule has 0 radical (unpaired) electrons. The average Bonchev–Trinajstić information content (AvgIpc) is 3.08. The van der Waals surface area contributed by atoms with E-state index in [0.29, 0.717) is 11.5 Å². The van der Waals surface area contributed by atoms with Crippen LogP contribution in [0, 0.1) is 29.5 Å². The van der Waals surface area contributed by atoms with Crippen LogP contribution in [0.5, 0.6) is 0 Å². The molecule has 0 N–H and O–H groups in total. The highest BCUT2D eigenvalue weighted by Gasteiger charge is 2.08. The zero-order valence-corrected chi connectivity index (χ0v) is 14.6. The molecule has 0 saturated heterocycles. The van der Waals surface area contributed by atoms with Crippen molar-refractivity contribution in [3.8, 4) is 23.7 Å². The number of nitrogens with zero attached hydrogens (tertiary/aromatic N) is 3. The summed E-state index contributed by atoms with van der Waals surface area (Å²) in [6.45, 7) is 0. The second kappa shape index (κ2) is 7.15. The van der Waals surface area contributed by atoms with Crippen molar-refractivity contribution in [1.82, 2.24) is 14.5 Å². The third-order valence-corrected chi connectivity index (χ3v) is 3.99. The SMILES string of the molecule is Cn1ccc2c(C#Cc3ccc(F)cc3)nc(C#Cc3ccccc3)nc21. The highest BCUT2D eigenvalue weighted by atomic mass is 19.1. The predicted octanol–water partition coefficient (Wildman–Crippen LogP) is 3.91. The Morgan fingerprint density at radius 3 is 2.26 bits per heavy atom. The minimum absolute atomic E-state index is 0.286. The number of fused-ring (bicyclic) bond motifs is 1. The Morgan fingerprint density at radius 1 is 0.778 bits per heavy atom. The summed E-state index contributed by atoms with van der Waals surface area (Å²) in [5.74, 6) is 12.3. The van der Waals surface area contributed by atoms with Crippen LogP contribution in [0.3, 0.4) is 0 Å². The third-order valence-electron chi connectivity index (χ3n) is 3.99.